The van der Waals surface area contributed by atoms with Gasteiger partial charge in [0.05, 0.1) is 23.2 Å². The maximum Gasteiger partial charge on any atom is 0.245 e. The van der Waals surface area contributed by atoms with E-state index in [2.05, 4.69) is 0 Å². The summed E-state index contributed by atoms with van der Waals surface area (Å²) in [7, 11) is -2.20. The molecule has 1 heterocycles. The summed E-state index contributed by atoms with van der Waals surface area (Å²) in [4.78, 5) is 13.0. The highest BCUT2D eigenvalue weighted by atomic mass is 35.5. The molecule has 106 valence electrons. The van der Waals surface area contributed by atoms with Crippen LogP contribution < -0.4 is 0 Å². The van der Waals surface area contributed by atoms with Crippen molar-refractivity contribution in [2.45, 2.75) is 4.90 Å². The summed E-state index contributed by atoms with van der Waals surface area (Å²) in [5.41, 5.74) is 0.281. The van der Waals surface area contributed by atoms with Crippen LogP contribution in [0.4, 0.5) is 0 Å². The number of carbonyl (C=O) groups is 1. The maximum atomic E-state index is 12.4. The van der Waals surface area contributed by atoms with Crippen LogP contribution in [-0.4, -0.2) is 50.2 Å². The molecular formula is C12H12ClN3O3S. The third-order valence-corrected chi connectivity index (χ3v) is 5.43. The van der Waals surface area contributed by atoms with E-state index in [1.807, 2.05) is 6.07 Å². The molecule has 0 saturated carbocycles. The van der Waals surface area contributed by atoms with E-state index in [1.54, 1.807) is 7.05 Å². The smallest absolute Gasteiger partial charge is 0.245 e. The summed E-state index contributed by atoms with van der Waals surface area (Å²) in [6.45, 7) is 0.363. The van der Waals surface area contributed by atoms with E-state index >= 15 is 0 Å². The minimum atomic E-state index is -3.83. The predicted octanol–water partition coefficient (Wildman–Crippen LogP) is 0.674. The fraction of sp³-hybridized carbons (Fsp3) is 0.333. The Balaban J connectivity index is 2.36. The molecule has 0 aromatic heterocycles. The topological polar surface area (TPSA) is 81.5 Å². The van der Waals surface area contributed by atoms with Crippen molar-refractivity contribution in [3.63, 3.8) is 0 Å². The SMILES string of the molecule is CN1CCN(S(=O)(=O)c2ccc(C#N)cc2Cl)CC1=O. The predicted molar refractivity (Wildman–Crippen MR) is 72.6 cm³/mol. The first-order valence-corrected chi connectivity index (χ1v) is 7.62. The van der Waals surface area contributed by atoms with E-state index in [9.17, 15) is 13.2 Å². The van der Waals surface area contributed by atoms with Gasteiger partial charge in [-0.15, -0.1) is 0 Å². The molecule has 6 nitrogen and oxygen atoms in total. The van der Waals surface area contributed by atoms with E-state index in [0.717, 1.165) is 4.31 Å². The number of hydrogen-bond donors (Lipinski definition) is 0. The summed E-state index contributed by atoms with van der Waals surface area (Å²) < 4.78 is 26.0. The molecule has 0 unspecified atom stereocenters. The Labute approximate surface area is 122 Å². The molecule has 20 heavy (non-hydrogen) atoms. The van der Waals surface area contributed by atoms with Gasteiger partial charge in [-0.25, -0.2) is 8.42 Å². The lowest BCUT2D eigenvalue weighted by molar-refractivity contribution is -0.132. The van der Waals surface area contributed by atoms with Gasteiger partial charge in [0.1, 0.15) is 4.90 Å². The molecule has 1 aliphatic rings. The molecule has 0 N–H and O–H groups in total. The van der Waals surface area contributed by atoms with Crippen LogP contribution in [0.5, 0.6) is 0 Å². The number of halogens is 1. The second-order valence-corrected chi connectivity index (χ2v) is 6.72. The minimum Gasteiger partial charge on any atom is -0.343 e. The molecule has 8 heteroatoms. The van der Waals surface area contributed by atoms with E-state index < -0.39 is 10.0 Å². The third kappa shape index (κ3) is 2.63. The van der Waals surface area contributed by atoms with Gasteiger partial charge >= 0.3 is 0 Å². The Kier molecular flexibility index (Phi) is 3.99. The first-order valence-electron chi connectivity index (χ1n) is 5.80. The van der Waals surface area contributed by atoms with Gasteiger partial charge in [-0.2, -0.15) is 9.57 Å². The van der Waals surface area contributed by atoms with Crippen LogP contribution in [0.15, 0.2) is 23.1 Å². The zero-order chi connectivity index (χ0) is 14.9. The zero-order valence-electron chi connectivity index (χ0n) is 10.7. The van der Waals surface area contributed by atoms with Gasteiger partial charge in [0.2, 0.25) is 15.9 Å². The molecule has 1 aliphatic heterocycles. The van der Waals surface area contributed by atoms with Crippen LogP contribution in [0.1, 0.15) is 5.56 Å². The van der Waals surface area contributed by atoms with Crippen molar-refractivity contribution in [1.82, 2.24) is 9.21 Å². The Morgan fingerprint density at radius 3 is 2.60 bits per heavy atom. The van der Waals surface area contributed by atoms with Crippen molar-refractivity contribution in [3.8, 4) is 6.07 Å². The van der Waals surface area contributed by atoms with Crippen molar-refractivity contribution in [3.05, 3.63) is 28.8 Å². The van der Waals surface area contributed by atoms with Crippen LogP contribution in [-0.2, 0) is 14.8 Å². The highest BCUT2D eigenvalue weighted by molar-refractivity contribution is 7.89. The first kappa shape index (κ1) is 14.8. The van der Waals surface area contributed by atoms with Crippen LogP contribution >= 0.6 is 11.6 Å². The fourth-order valence-electron chi connectivity index (χ4n) is 1.86. The zero-order valence-corrected chi connectivity index (χ0v) is 12.3. The van der Waals surface area contributed by atoms with Gasteiger partial charge < -0.3 is 4.90 Å². The summed E-state index contributed by atoms with van der Waals surface area (Å²) >= 11 is 5.92. The second kappa shape index (κ2) is 5.40. The Morgan fingerprint density at radius 1 is 1.35 bits per heavy atom. The number of rotatable bonds is 2. The molecule has 1 amide bonds. The number of amides is 1. The quantitative estimate of drug-likeness (QED) is 0.804. The molecule has 0 bridgehead atoms. The summed E-state index contributed by atoms with van der Waals surface area (Å²) in [6.07, 6.45) is 0. The van der Waals surface area contributed by atoms with Crippen LogP contribution in [0.3, 0.4) is 0 Å². The van der Waals surface area contributed by atoms with Crippen LogP contribution in [0.2, 0.25) is 5.02 Å². The number of nitriles is 1. The molecule has 1 saturated heterocycles. The average molecular weight is 314 g/mol. The van der Waals surface area contributed by atoms with Crippen molar-refractivity contribution in [2.75, 3.05) is 26.7 Å². The van der Waals surface area contributed by atoms with Gasteiger partial charge in [0, 0.05) is 20.1 Å². The number of nitrogens with zero attached hydrogens (tertiary/aromatic N) is 3. The molecule has 1 aromatic rings. The van der Waals surface area contributed by atoms with Crippen molar-refractivity contribution in [1.29, 1.82) is 5.26 Å². The average Bonchev–Trinajstić information content (AvgIpc) is 2.41. The Bertz CT molecular complexity index is 696. The fourth-order valence-corrected chi connectivity index (χ4v) is 3.76. The van der Waals surface area contributed by atoms with E-state index in [1.165, 1.54) is 23.1 Å². The van der Waals surface area contributed by atoms with Crippen molar-refractivity contribution >= 4 is 27.5 Å². The Hall–Kier alpha value is -1.62. The summed E-state index contributed by atoms with van der Waals surface area (Å²) in [5.74, 6) is -0.260. The number of hydrogen-bond acceptors (Lipinski definition) is 4. The molecule has 0 aliphatic carbocycles. The molecule has 0 spiro atoms. The van der Waals surface area contributed by atoms with Crippen molar-refractivity contribution in [2.24, 2.45) is 0 Å². The molecule has 2 rings (SSSR count). The van der Waals surface area contributed by atoms with Gasteiger partial charge in [-0.05, 0) is 18.2 Å². The largest absolute Gasteiger partial charge is 0.343 e. The van der Waals surface area contributed by atoms with E-state index in [0.29, 0.717) is 6.54 Å². The van der Waals surface area contributed by atoms with Crippen LogP contribution in [0, 0.1) is 11.3 Å². The van der Waals surface area contributed by atoms with Gasteiger partial charge in [-0.3, -0.25) is 4.79 Å². The lowest BCUT2D eigenvalue weighted by atomic mass is 10.2. The van der Waals surface area contributed by atoms with Gasteiger partial charge in [-0.1, -0.05) is 11.6 Å². The normalized spacial score (nSPS) is 17.1. The molecule has 1 fully saturated rings. The minimum absolute atomic E-state index is 0.0181. The Morgan fingerprint density at radius 2 is 2.05 bits per heavy atom. The molecule has 0 atom stereocenters. The number of likely N-dealkylation sites (N-methyl/N-ethyl adjacent to an activating group) is 1. The van der Waals surface area contributed by atoms with Gasteiger partial charge in [0.25, 0.3) is 0 Å². The standard InChI is InChI=1S/C12H12ClN3O3S/c1-15-4-5-16(8-12(15)17)20(18,19)11-3-2-9(7-14)6-10(11)13/h2-3,6H,4-5,8H2,1H3. The molecular weight excluding hydrogens is 302 g/mol. The monoisotopic (exact) mass is 313 g/mol. The van der Waals surface area contributed by atoms with Crippen LogP contribution in [0.25, 0.3) is 0 Å². The molecule has 1 aromatic carbocycles. The summed E-state index contributed by atoms with van der Waals surface area (Å²) in [5, 5.41) is 8.73. The number of piperazine rings is 1. The third-order valence-electron chi connectivity index (χ3n) is 3.10. The second-order valence-electron chi connectivity index (χ2n) is 4.41. The number of sulfonamides is 1. The number of carbonyl (C=O) groups excluding carboxylic acids is 1. The maximum absolute atomic E-state index is 12.4. The van der Waals surface area contributed by atoms with Gasteiger partial charge in [0.15, 0.2) is 0 Å². The number of benzene rings is 1. The summed E-state index contributed by atoms with van der Waals surface area (Å²) in [6, 6.07) is 5.86. The van der Waals surface area contributed by atoms with E-state index in [-0.39, 0.29) is 34.5 Å². The molecule has 0 radical (unpaired) electrons. The first-order chi connectivity index (χ1) is 9.36. The van der Waals surface area contributed by atoms with Crippen molar-refractivity contribution < 1.29 is 13.2 Å². The lowest BCUT2D eigenvalue weighted by Crippen LogP contribution is -2.50. The van der Waals surface area contributed by atoms with E-state index in [4.69, 9.17) is 16.9 Å². The highest BCUT2D eigenvalue weighted by Gasteiger charge is 2.32. The highest BCUT2D eigenvalue weighted by Crippen LogP contribution is 2.26. The lowest BCUT2D eigenvalue weighted by Gasteiger charge is -2.31.